The molecule has 1 aliphatic carbocycles. The van der Waals surface area contributed by atoms with Crippen LogP contribution in [0.15, 0.2) is 4.47 Å². The highest BCUT2D eigenvalue weighted by atomic mass is 79.9. The number of hydrogen-bond acceptors (Lipinski definition) is 2. The van der Waals surface area contributed by atoms with Crippen molar-refractivity contribution >= 4 is 15.9 Å². The number of rotatable bonds is 1. The van der Waals surface area contributed by atoms with Crippen LogP contribution < -0.4 is 5.32 Å². The first-order valence-electron chi connectivity index (χ1n) is 7.46. The summed E-state index contributed by atoms with van der Waals surface area (Å²) in [5.41, 5.74) is 5.31. The average molecular weight is 324 g/mol. The normalized spacial score (nSPS) is 23.2. The highest BCUT2D eigenvalue weighted by Crippen LogP contribution is 2.44. The van der Waals surface area contributed by atoms with Crippen LogP contribution >= 0.6 is 15.9 Å². The Balaban J connectivity index is 2.10. The van der Waals surface area contributed by atoms with Crippen molar-refractivity contribution in [3.63, 3.8) is 0 Å². The van der Waals surface area contributed by atoms with Crippen LogP contribution in [0.4, 0.5) is 0 Å². The van der Waals surface area contributed by atoms with Crippen LogP contribution in [-0.2, 0) is 12.8 Å². The van der Waals surface area contributed by atoms with Gasteiger partial charge in [0.2, 0.25) is 0 Å². The molecule has 2 N–H and O–H groups in total. The minimum atomic E-state index is 0.331. The van der Waals surface area contributed by atoms with E-state index in [1.807, 2.05) is 0 Å². The van der Waals surface area contributed by atoms with Crippen molar-refractivity contribution in [2.75, 3.05) is 6.54 Å². The third-order valence-corrected chi connectivity index (χ3v) is 5.57. The van der Waals surface area contributed by atoms with Gasteiger partial charge in [-0.2, -0.15) is 0 Å². The van der Waals surface area contributed by atoms with Crippen LogP contribution in [0.2, 0.25) is 0 Å². The van der Waals surface area contributed by atoms with Gasteiger partial charge in [-0.15, -0.1) is 0 Å². The molecule has 2 nitrogen and oxygen atoms in total. The van der Waals surface area contributed by atoms with Crippen molar-refractivity contribution in [1.82, 2.24) is 5.32 Å². The maximum atomic E-state index is 10.6. The number of phenols is 1. The van der Waals surface area contributed by atoms with E-state index in [-0.39, 0.29) is 0 Å². The Morgan fingerprint density at radius 1 is 1.11 bits per heavy atom. The molecule has 0 saturated carbocycles. The van der Waals surface area contributed by atoms with Gasteiger partial charge in [-0.05, 0) is 84.6 Å². The molecule has 2 aliphatic rings. The fourth-order valence-electron chi connectivity index (χ4n) is 3.69. The molecule has 1 atom stereocenters. The second kappa shape index (κ2) is 5.45. The smallest absolute Gasteiger partial charge is 0.135 e. The monoisotopic (exact) mass is 323 g/mol. The highest BCUT2D eigenvalue weighted by molar-refractivity contribution is 9.10. The number of piperidine rings is 1. The maximum absolute atomic E-state index is 10.6. The van der Waals surface area contributed by atoms with Crippen molar-refractivity contribution < 1.29 is 5.11 Å². The molecule has 1 aliphatic heterocycles. The summed E-state index contributed by atoms with van der Waals surface area (Å²) in [6, 6.07) is 0.331. The number of halogens is 1. The van der Waals surface area contributed by atoms with Crippen molar-refractivity contribution in [2.24, 2.45) is 0 Å². The largest absolute Gasteiger partial charge is 0.506 e. The highest BCUT2D eigenvalue weighted by Gasteiger charge is 2.27. The van der Waals surface area contributed by atoms with E-state index in [1.54, 1.807) is 0 Å². The third kappa shape index (κ3) is 2.31. The summed E-state index contributed by atoms with van der Waals surface area (Å²) in [5, 5.41) is 14.2. The zero-order chi connectivity index (χ0) is 13.4. The van der Waals surface area contributed by atoms with Gasteiger partial charge < -0.3 is 10.4 Å². The average Bonchev–Trinajstić information content (AvgIpc) is 2.46. The van der Waals surface area contributed by atoms with Gasteiger partial charge in [0.05, 0.1) is 4.47 Å². The molecule has 0 spiro atoms. The Hall–Kier alpha value is -0.540. The summed E-state index contributed by atoms with van der Waals surface area (Å²) >= 11 is 3.64. The van der Waals surface area contributed by atoms with Gasteiger partial charge in [0, 0.05) is 11.6 Å². The van der Waals surface area contributed by atoms with Crippen LogP contribution in [0.25, 0.3) is 0 Å². The van der Waals surface area contributed by atoms with E-state index in [1.165, 1.54) is 48.8 Å². The van der Waals surface area contributed by atoms with Gasteiger partial charge in [0.25, 0.3) is 0 Å². The summed E-state index contributed by atoms with van der Waals surface area (Å²) in [7, 11) is 0. The minimum Gasteiger partial charge on any atom is -0.506 e. The molecule has 0 bridgehead atoms. The van der Waals surface area contributed by atoms with Crippen LogP contribution in [-0.4, -0.2) is 11.7 Å². The number of fused-ring (bicyclic) bond motifs is 1. The summed E-state index contributed by atoms with van der Waals surface area (Å²) in [6.07, 6.45) is 8.43. The SMILES string of the molecule is Cc1c2c(c(Br)c(O)c1C1CCCCN1)CCCC2. The number of benzene rings is 1. The molecule has 19 heavy (non-hydrogen) atoms. The van der Waals surface area contributed by atoms with Gasteiger partial charge in [-0.3, -0.25) is 0 Å². The topological polar surface area (TPSA) is 32.3 Å². The molecule has 3 rings (SSSR count). The first kappa shape index (κ1) is 13.4. The molecule has 104 valence electrons. The second-order valence-corrected chi connectivity index (χ2v) is 6.66. The Morgan fingerprint density at radius 3 is 2.53 bits per heavy atom. The van der Waals surface area contributed by atoms with Crippen LogP contribution in [0, 0.1) is 6.92 Å². The minimum absolute atomic E-state index is 0.331. The van der Waals surface area contributed by atoms with E-state index in [2.05, 4.69) is 28.2 Å². The lowest BCUT2D eigenvalue weighted by Gasteiger charge is -2.30. The molecule has 1 heterocycles. The second-order valence-electron chi connectivity index (χ2n) is 5.87. The zero-order valence-electron chi connectivity index (χ0n) is 11.6. The quantitative estimate of drug-likeness (QED) is 0.813. The molecular formula is C16H22BrNO. The van der Waals surface area contributed by atoms with E-state index in [0.717, 1.165) is 29.4 Å². The van der Waals surface area contributed by atoms with Crippen molar-refractivity contribution in [3.8, 4) is 5.75 Å². The standard InChI is InChI=1S/C16H22BrNO/c1-10-11-6-2-3-7-12(11)15(17)16(19)14(10)13-8-4-5-9-18-13/h13,18-19H,2-9H2,1H3. The van der Waals surface area contributed by atoms with E-state index in [0.29, 0.717) is 11.8 Å². The lowest BCUT2D eigenvalue weighted by atomic mass is 9.83. The molecule has 1 aromatic rings. The third-order valence-electron chi connectivity index (χ3n) is 4.71. The van der Waals surface area contributed by atoms with Crippen LogP contribution in [0.1, 0.15) is 60.4 Å². The lowest BCUT2D eigenvalue weighted by molar-refractivity contribution is 0.387. The van der Waals surface area contributed by atoms with Crippen molar-refractivity contribution in [3.05, 3.63) is 26.7 Å². The molecule has 1 unspecified atom stereocenters. The summed E-state index contributed by atoms with van der Waals surface area (Å²) in [5.74, 6) is 0.484. The molecule has 3 heteroatoms. The van der Waals surface area contributed by atoms with Crippen LogP contribution in [0.3, 0.4) is 0 Å². The molecule has 1 fully saturated rings. The maximum Gasteiger partial charge on any atom is 0.135 e. The number of phenolic OH excluding ortho intramolecular Hbond substituents is 1. The Labute approximate surface area is 123 Å². The van der Waals surface area contributed by atoms with Gasteiger partial charge in [0.1, 0.15) is 5.75 Å². The summed E-state index contributed by atoms with van der Waals surface area (Å²) < 4.78 is 0.954. The number of aromatic hydroxyl groups is 1. The summed E-state index contributed by atoms with van der Waals surface area (Å²) in [4.78, 5) is 0. The molecule has 0 aromatic heterocycles. The number of nitrogens with one attached hydrogen (secondary N) is 1. The Bertz CT molecular complexity index is 492. The van der Waals surface area contributed by atoms with E-state index in [9.17, 15) is 5.11 Å². The fourth-order valence-corrected chi connectivity index (χ4v) is 4.34. The van der Waals surface area contributed by atoms with Crippen molar-refractivity contribution in [1.29, 1.82) is 0 Å². The molecule has 0 amide bonds. The lowest BCUT2D eigenvalue weighted by Crippen LogP contribution is -2.28. The summed E-state index contributed by atoms with van der Waals surface area (Å²) in [6.45, 7) is 3.26. The fraction of sp³-hybridized carbons (Fsp3) is 0.625. The van der Waals surface area contributed by atoms with Crippen molar-refractivity contribution in [2.45, 2.75) is 57.9 Å². The zero-order valence-corrected chi connectivity index (χ0v) is 13.1. The van der Waals surface area contributed by atoms with Gasteiger partial charge in [0.15, 0.2) is 0 Å². The molecular weight excluding hydrogens is 302 g/mol. The van der Waals surface area contributed by atoms with E-state index < -0.39 is 0 Å². The predicted molar refractivity (Wildman–Crippen MR) is 81.8 cm³/mol. The van der Waals surface area contributed by atoms with Gasteiger partial charge in [-0.25, -0.2) is 0 Å². The molecule has 1 saturated heterocycles. The number of hydrogen-bond donors (Lipinski definition) is 2. The molecule has 0 radical (unpaired) electrons. The van der Waals surface area contributed by atoms with Gasteiger partial charge >= 0.3 is 0 Å². The van der Waals surface area contributed by atoms with E-state index in [4.69, 9.17) is 0 Å². The first-order chi connectivity index (χ1) is 9.20. The first-order valence-corrected chi connectivity index (χ1v) is 8.25. The Kier molecular flexibility index (Phi) is 3.86. The Morgan fingerprint density at radius 2 is 1.84 bits per heavy atom. The molecule has 1 aromatic carbocycles. The van der Waals surface area contributed by atoms with Crippen LogP contribution in [0.5, 0.6) is 5.75 Å². The van der Waals surface area contributed by atoms with Gasteiger partial charge in [-0.1, -0.05) is 6.42 Å². The van der Waals surface area contributed by atoms with E-state index >= 15 is 0 Å². The predicted octanol–water partition coefficient (Wildman–Crippen LogP) is 4.16.